The number of aromatic nitrogens is 3. The van der Waals surface area contributed by atoms with Crippen molar-refractivity contribution in [3.63, 3.8) is 0 Å². The Hall–Kier alpha value is -1.32. The van der Waals surface area contributed by atoms with Gasteiger partial charge in [-0.2, -0.15) is 11.8 Å². The SMILES string of the molecule is Cc1nnc(CN=C(NCCCN2CCOCC2)N2CCSC3(CCCCC3)C2)n1C. The molecule has 1 aromatic rings. The molecule has 0 radical (unpaired) electrons. The van der Waals surface area contributed by atoms with Crippen molar-refractivity contribution in [1.29, 1.82) is 0 Å². The molecule has 0 atom stereocenters. The fourth-order valence-corrected chi connectivity index (χ4v) is 6.42. The van der Waals surface area contributed by atoms with E-state index < -0.39 is 0 Å². The van der Waals surface area contributed by atoms with Crippen molar-refractivity contribution in [3.05, 3.63) is 11.6 Å². The Balaban J connectivity index is 1.38. The second-order valence-electron chi connectivity index (χ2n) is 9.11. The van der Waals surface area contributed by atoms with Crippen LogP contribution in [0.2, 0.25) is 0 Å². The van der Waals surface area contributed by atoms with Crippen molar-refractivity contribution in [2.45, 2.75) is 56.7 Å². The molecular weight excluding hydrogens is 410 g/mol. The summed E-state index contributed by atoms with van der Waals surface area (Å²) in [6, 6.07) is 0. The minimum atomic E-state index is 0.425. The first-order chi connectivity index (χ1) is 15.2. The molecule has 0 bridgehead atoms. The quantitative estimate of drug-likeness (QED) is 0.405. The summed E-state index contributed by atoms with van der Waals surface area (Å²) >= 11 is 2.21. The highest BCUT2D eigenvalue weighted by Gasteiger charge is 2.38. The van der Waals surface area contributed by atoms with Crippen molar-refractivity contribution >= 4 is 17.7 Å². The molecule has 3 aliphatic rings. The Kier molecular flexibility index (Phi) is 8.12. The number of hydrogen-bond donors (Lipinski definition) is 1. The zero-order valence-electron chi connectivity index (χ0n) is 19.3. The molecule has 31 heavy (non-hydrogen) atoms. The Morgan fingerprint density at radius 2 is 1.97 bits per heavy atom. The normalized spacial score (nSPS) is 22.8. The maximum atomic E-state index is 5.47. The van der Waals surface area contributed by atoms with Gasteiger partial charge in [0.05, 0.1) is 13.2 Å². The number of hydrogen-bond acceptors (Lipinski definition) is 6. The molecule has 2 saturated heterocycles. The number of ether oxygens (including phenoxy) is 1. The van der Waals surface area contributed by atoms with Gasteiger partial charge in [-0.25, -0.2) is 4.99 Å². The molecule has 1 aliphatic carbocycles. The van der Waals surface area contributed by atoms with Gasteiger partial charge in [0.1, 0.15) is 12.4 Å². The molecule has 2 aliphatic heterocycles. The van der Waals surface area contributed by atoms with E-state index in [2.05, 4.69) is 37.1 Å². The lowest BCUT2D eigenvalue weighted by Crippen LogP contribution is -2.53. The molecule has 1 aromatic heterocycles. The zero-order chi connectivity index (χ0) is 21.5. The average molecular weight is 450 g/mol. The van der Waals surface area contributed by atoms with Crippen LogP contribution in [-0.2, 0) is 18.3 Å². The minimum absolute atomic E-state index is 0.425. The van der Waals surface area contributed by atoms with E-state index in [0.717, 1.165) is 76.5 Å². The first-order valence-electron chi connectivity index (χ1n) is 12.0. The lowest BCUT2D eigenvalue weighted by molar-refractivity contribution is 0.0375. The van der Waals surface area contributed by atoms with Crippen LogP contribution in [0.1, 0.15) is 50.2 Å². The third kappa shape index (κ3) is 6.14. The van der Waals surface area contributed by atoms with Crippen LogP contribution in [0.3, 0.4) is 0 Å². The third-order valence-electron chi connectivity index (χ3n) is 6.90. The van der Waals surface area contributed by atoms with Gasteiger partial charge < -0.3 is 19.5 Å². The average Bonchev–Trinajstić information content (AvgIpc) is 3.12. The Morgan fingerprint density at radius 3 is 2.71 bits per heavy atom. The Morgan fingerprint density at radius 1 is 1.16 bits per heavy atom. The summed E-state index contributed by atoms with van der Waals surface area (Å²) in [4.78, 5) is 10.0. The topological polar surface area (TPSA) is 70.8 Å². The van der Waals surface area contributed by atoms with Gasteiger partial charge in [0.15, 0.2) is 11.8 Å². The summed E-state index contributed by atoms with van der Waals surface area (Å²) in [6.07, 6.45) is 7.96. The predicted octanol–water partition coefficient (Wildman–Crippen LogP) is 2.04. The largest absolute Gasteiger partial charge is 0.379 e. The lowest BCUT2D eigenvalue weighted by Gasteiger charge is -2.45. The summed E-state index contributed by atoms with van der Waals surface area (Å²) in [7, 11) is 2.02. The summed E-state index contributed by atoms with van der Waals surface area (Å²) in [5.74, 6) is 4.09. The smallest absolute Gasteiger partial charge is 0.194 e. The van der Waals surface area contributed by atoms with Crippen LogP contribution in [0.4, 0.5) is 0 Å². The summed E-state index contributed by atoms with van der Waals surface area (Å²) in [5.41, 5.74) is 0. The number of nitrogens with zero attached hydrogens (tertiary/aromatic N) is 6. The van der Waals surface area contributed by atoms with E-state index in [9.17, 15) is 0 Å². The van der Waals surface area contributed by atoms with E-state index in [4.69, 9.17) is 9.73 Å². The Labute approximate surface area is 191 Å². The van der Waals surface area contributed by atoms with E-state index >= 15 is 0 Å². The van der Waals surface area contributed by atoms with Gasteiger partial charge in [-0.3, -0.25) is 4.90 Å². The number of nitrogens with one attached hydrogen (secondary N) is 1. The molecule has 0 aromatic carbocycles. The second-order valence-corrected chi connectivity index (χ2v) is 10.7. The minimum Gasteiger partial charge on any atom is -0.379 e. The van der Waals surface area contributed by atoms with Gasteiger partial charge in [-0.05, 0) is 32.7 Å². The maximum Gasteiger partial charge on any atom is 0.194 e. The van der Waals surface area contributed by atoms with Gasteiger partial charge in [0.25, 0.3) is 0 Å². The highest BCUT2D eigenvalue weighted by molar-refractivity contribution is 8.00. The lowest BCUT2D eigenvalue weighted by atomic mass is 9.87. The molecule has 1 saturated carbocycles. The molecule has 3 fully saturated rings. The molecule has 1 N–H and O–H groups in total. The molecule has 0 unspecified atom stereocenters. The second kappa shape index (κ2) is 11.0. The number of aliphatic imine (C=N–C) groups is 1. The van der Waals surface area contributed by atoms with Gasteiger partial charge >= 0.3 is 0 Å². The number of morpholine rings is 1. The fourth-order valence-electron chi connectivity index (χ4n) is 4.85. The van der Waals surface area contributed by atoms with Crippen LogP contribution in [-0.4, -0.2) is 93.5 Å². The molecule has 9 heteroatoms. The monoisotopic (exact) mass is 449 g/mol. The highest BCUT2D eigenvalue weighted by atomic mass is 32.2. The number of guanidine groups is 1. The van der Waals surface area contributed by atoms with Crippen molar-refractivity contribution < 1.29 is 4.74 Å². The summed E-state index contributed by atoms with van der Waals surface area (Å²) in [6.45, 7) is 10.6. The fraction of sp³-hybridized carbons (Fsp3) is 0.864. The molecule has 3 heterocycles. The van der Waals surface area contributed by atoms with Crippen LogP contribution in [0, 0.1) is 6.92 Å². The van der Waals surface area contributed by atoms with E-state index in [0.29, 0.717) is 11.3 Å². The van der Waals surface area contributed by atoms with E-state index in [1.165, 1.54) is 37.9 Å². The van der Waals surface area contributed by atoms with E-state index in [-0.39, 0.29) is 0 Å². The standard InChI is InChI=1S/C22H39N7OS/c1-19-25-26-20(27(19)2)17-24-21(23-9-6-10-28-11-14-30-15-12-28)29-13-16-31-22(18-29)7-4-3-5-8-22/h3-18H2,1-2H3,(H,23,24). The van der Waals surface area contributed by atoms with Crippen molar-refractivity contribution in [1.82, 2.24) is 29.9 Å². The highest BCUT2D eigenvalue weighted by Crippen LogP contribution is 2.42. The maximum absolute atomic E-state index is 5.47. The number of aryl methyl sites for hydroxylation is 1. The van der Waals surface area contributed by atoms with Gasteiger partial charge in [0.2, 0.25) is 0 Å². The first-order valence-corrected chi connectivity index (χ1v) is 13.0. The van der Waals surface area contributed by atoms with Crippen molar-refractivity contribution in [2.75, 3.05) is 58.2 Å². The van der Waals surface area contributed by atoms with Crippen molar-refractivity contribution in [2.24, 2.45) is 12.0 Å². The van der Waals surface area contributed by atoms with E-state index in [1.807, 2.05) is 18.5 Å². The van der Waals surface area contributed by atoms with Gasteiger partial charge in [-0.15, -0.1) is 10.2 Å². The predicted molar refractivity (Wildman–Crippen MR) is 127 cm³/mol. The summed E-state index contributed by atoms with van der Waals surface area (Å²) in [5, 5.41) is 12.2. The number of rotatable bonds is 6. The van der Waals surface area contributed by atoms with E-state index in [1.54, 1.807) is 0 Å². The molecule has 174 valence electrons. The Bertz CT molecular complexity index is 720. The zero-order valence-corrected chi connectivity index (χ0v) is 20.1. The van der Waals surface area contributed by atoms with Gasteiger partial charge in [-0.1, -0.05) is 19.3 Å². The molecule has 0 amide bonds. The van der Waals surface area contributed by atoms with Crippen LogP contribution in [0.5, 0.6) is 0 Å². The van der Waals surface area contributed by atoms with Crippen LogP contribution in [0.25, 0.3) is 0 Å². The molecule has 8 nitrogen and oxygen atoms in total. The van der Waals surface area contributed by atoms with Gasteiger partial charge in [0, 0.05) is 50.3 Å². The third-order valence-corrected chi connectivity index (χ3v) is 8.44. The molecular formula is C22H39N7OS. The molecule has 1 spiro atoms. The van der Waals surface area contributed by atoms with Crippen LogP contribution in [0.15, 0.2) is 4.99 Å². The molecule has 4 rings (SSSR count). The number of thioether (sulfide) groups is 1. The van der Waals surface area contributed by atoms with Crippen LogP contribution < -0.4 is 5.32 Å². The van der Waals surface area contributed by atoms with Crippen molar-refractivity contribution in [3.8, 4) is 0 Å². The van der Waals surface area contributed by atoms with Crippen LogP contribution >= 0.6 is 11.8 Å². The first kappa shape index (κ1) is 22.9. The summed E-state index contributed by atoms with van der Waals surface area (Å²) < 4.78 is 7.93.